The van der Waals surface area contributed by atoms with E-state index >= 15 is 0 Å². The maximum atomic E-state index is 10.1. The van der Waals surface area contributed by atoms with Crippen molar-refractivity contribution in [2.45, 2.75) is 0 Å². The van der Waals surface area contributed by atoms with Crippen molar-refractivity contribution in [1.82, 2.24) is 5.32 Å². The Kier molecular flexibility index (Phi) is 3.22. The van der Waals surface area contributed by atoms with Gasteiger partial charge in [0.05, 0.1) is 0 Å². The fourth-order valence-corrected chi connectivity index (χ4v) is 0.198. The standard InChI is InChI=1S/C4H6N2O3/c1-5-4(9)6-3(8)2-7/h7H,1-2H2,(H,6,8,9). The zero-order valence-corrected chi connectivity index (χ0v) is 4.63. The molecule has 0 aromatic heterocycles. The zero-order chi connectivity index (χ0) is 7.28. The van der Waals surface area contributed by atoms with Crippen LogP contribution >= 0.6 is 0 Å². The Hall–Kier alpha value is -1.23. The Labute approximate surface area is 51.4 Å². The number of aliphatic hydroxyl groups is 1. The first-order valence-electron chi connectivity index (χ1n) is 2.12. The van der Waals surface area contributed by atoms with E-state index in [1.54, 1.807) is 5.32 Å². The molecule has 0 aliphatic carbocycles. The summed E-state index contributed by atoms with van der Waals surface area (Å²) in [5, 5.41) is 9.78. The van der Waals surface area contributed by atoms with Crippen LogP contribution in [-0.4, -0.2) is 30.4 Å². The van der Waals surface area contributed by atoms with Crippen LogP contribution in [0.1, 0.15) is 0 Å². The van der Waals surface area contributed by atoms with Crippen LogP contribution in [0.15, 0.2) is 4.99 Å². The average Bonchev–Trinajstić information content (AvgIpc) is 1.87. The molecule has 0 fully saturated rings. The molecule has 5 heteroatoms. The predicted molar refractivity (Wildman–Crippen MR) is 30.2 cm³/mol. The van der Waals surface area contributed by atoms with Crippen LogP contribution in [-0.2, 0) is 4.79 Å². The first-order valence-corrected chi connectivity index (χ1v) is 2.12. The number of aliphatic imine (C=N–C) groups is 1. The summed E-state index contributed by atoms with van der Waals surface area (Å²) in [5.41, 5.74) is 0. The molecule has 0 aromatic carbocycles. The van der Waals surface area contributed by atoms with Crippen molar-refractivity contribution < 1.29 is 14.7 Å². The van der Waals surface area contributed by atoms with Gasteiger partial charge in [0.15, 0.2) is 0 Å². The molecule has 5 nitrogen and oxygen atoms in total. The highest BCUT2D eigenvalue weighted by molar-refractivity contribution is 5.96. The van der Waals surface area contributed by atoms with Crippen molar-refractivity contribution in [3.8, 4) is 0 Å². The van der Waals surface area contributed by atoms with Crippen molar-refractivity contribution in [2.24, 2.45) is 4.99 Å². The van der Waals surface area contributed by atoms with Crippen molar-refractivity contribution in [2.75, 3.05) is 6.61 Å². The summed E-state index contributed by atoms with van der Waals surface area (Å²) in [6, 6.07) is -0.853. The van der Waals surface area contributed by atoms with Crippen LogP contribution in [0.4, 0.5) is 4.79 Å². The lowest BCUT2D eigenvalue weighted by Gasteiger charge is -1.92. The van der Waals surface area contributed by atoms with Gasteiger partial charge in [-0.25, -0.2) is 9.79 Å². The van der Waals surface area contributed by atoms with Gasteiger partial charge < -0.3 is 5.11 Å². The monoisotopic (exact) mass is 130 g/mol. The fraction of sp³-hybridized carbons (Fsp3) is 0.250. The summed E-state index contributed by atoms with van der Waals surface area (Å²) in [6.45, 7) is 2.13. The highest BCUT2D eigenvalue weighted by atomic mass is 16.3. The van der Waals surface area contributed by atoms with E-state index in [2.05, 4.69) is 11.7 Å². The largest absolute Gasteiger partial charge is 0.387 e. The Morgan fingerprint density at radius 3 is 2.56 bits per heavy atom. The molecule has 2 N–H and O–H groups in total. The molecule has 3 amide bonds. The minimum atomic E-state index is -0.853. The summed E-state index contributed by atoms with van der Waals surface area (Å²) < 4.78 is 0. The van der Waals surface area contributed by atoms with Gasteiger partial charge in [-0.15, -0.1) is 0 Å². The van der Waals surface area contributed by atoms with E-state index in [1.807, 2.05) is 0 Å². The normalized spacial score (nSPS) is 8.11. The van der Waals surface area contributed by atoms with E-state index < -0.39 is 18.5 Å². The lowest BCUT2D eigenvalue weighted by Crippen LogP contribution is -2.29. The molecular weight excluding hydrogens is 124 g/mol. The highest BCUT2D eigenvalue weighted by Crippen LogP contribution is 1.69. The van der Waals surface area contributed by atoms with Gasteiger partial charge in [-0.05, 0) is 6.72 Å². The third-order valence-corrected chi connectivity index (χ3v) is 0.534. The maximum Gasteiger partial charge on any atom is 0.347 e. The molecule has 0 unspecified atom stereocenters. The van der Waals surface area contributed by atoms with Crippen molar-refractivity contribution in [1.29, 1.82) is 0 Å². The number of amides is 3. The molecule has 0 atom stereocenters. The minimum absolute atomic E-state index is 0.721. The number of imide groups is 1. The van der Waals surface area contributed by atoms with Gasteiger partial charge >= 0.3 is 6.03 Å². The van der Waals surface area contributed by atoms with Gasteiger partial charge in [0.25, 0.3) is 5.91 Å². The van der Waals surface area contributed by atoms with Crippen LogP contribution < -0.4 is 5.32 Å². The molecular formula is C4H6N2O3. The predicted octanol–water partition coefficient (Wildman–Crippen LogP) is -1.08. The number of nitrogens with one attached hydrogen (secondary N) is 1. The van der Waals surface area contributed by atoms with Gasteiger partial charge in [0, 0.05) is 0 Å². The van der Waals surface area contributed by atoms with Gasteiger partial charge in [-0.1, -0.05) is 0 Å². The van der Waals surface area contributed by atoms with Gasteiger partial charge in [0.2, 0.25) is 0 Å². The first kappa shape index (κ1) is 7.77. The van der Waals surface area contributed by atoms with E-state index in [4.69, 9.17) is 5.11 Å². The highest BCUT2D eigenvalue weighted by Gasteiger charge is 2.00. The number of rotatable bonds is 1. The average molecular weight is 130 g/mol. The number of hydrogen-bond acceptors (Lipinski definition) is 3. The third-order valence-electron chi connectivity index (χ3n) is 0.534. The quantitative estimate of drug-likeness (QED) is 0.443. The lowest BCUT2D eigenvalue weighted by atomic mass is 10.6. The van der Waals surface area contributed by atoms with Crippen molar-refractivity contribution in [3.05, 3.63) is 0 Å². The number of carbonyl (C=O) groups excluding carboxylic acids is 2. The maximum absolute atomic E-state index is 10.1. The molecule has 0 bridgehead atoms. The second kappa shape index (κ2) is 3.73. The van der Waals surface area contributed by atoms with Gasteiger partial charge in [-0.2, -0.15) is 0 Å². The zero-order valence-electron chi connectivity index (χ0n) is 4.63. The molecule has 0 spiro atoms. The number of hydrogen-bond donors (Lipinski definition) is 2. The third kappa shape index (κ3) is 3.36. The molecule has 0 aromatic rings. The second-order valence-corrected chi connectivity index (χ2v) is 1.17. The summed E-state index contributed by atoms with van der Waals surface area (Å²) in [4.78, 5) is 23.1. The number of aliphatic hydroxyl groups excluding tert-OH is 1. The molecule has 0 saturated heterocycles. The van der Waals surface area contributed by atoms with Crippen LogP contribution in [0.3, 0.4) is 0 Å². The van der Waals surface area contributed by atoms with E-state index in [9.17, 15) is 9.59 Å². The van der Waals surface area contributed by atoms with Crippen LogP contribution in [0.25, 0.3) is 0 Å². The Morgan fingerprint density at radius 1 is 1.67 bits per heavy atom. The molecule has 0 aliphatic heterocycles. The smallest absolute Gasteiger partial charge is 0.347 e. The van der Waals surface area contributed by atoms with E-state index in [1.165, 1.54) is 0 Å². The van der Waals surface area contributed by atoms with Crippen LogP contribution in [0.2, 0.25) is 0 Å². The number of carbonyl (C=O) groups is 2. The summed E-state index contributed by atoms with van der Waals surface area (Å²) in [6.07, 6.45) is 0. The first-order chi connectivity index (χ1) is 4.20. The van der Waals surface area contributed by atoms with Crippen molar-refractivity contribution >= 4 is 18.7 Å². The molecule has 50 valence electrons. The van der Waals surface area contributed by atoms with Crippen LogP contribution in [0.5, 0.6) is 0 Å². The molecule has 0 rings (SSSR count). The number of nitrogens with zero attached hydrogens (tertiary/aromatic N) is 1. The Bertz CT molecular complexity index is 143. The van der Waals surface area contributed by atoms with E-state index in [0.29, 0.717) is 0 Å². The summed E-state index contributed by atoms with van der Waals surface area (Å²) >= 11 is 0. The van der Waals surface area contributed by atoms with Gasteiger partial charge in [-0.3, -0.25) is 10.1 Å². The Morgan fingerprint density at radius 2 is 2.22 bits per heavy atom. The SMILES string of the molecule is C=NC(=O)NC(=O)CO. The molecule has 0 heterocycles. The van der Waals surface area contributed by atoms with Crippen LogP contribution in [0, 0.1) is 0 Å². The minimum Gasteiger partial charge on any atom is -0.387 e. The lowest BCUT2D eigenvalue weighted by molar-refractivity contribution is -0.122. The molecule has 0 saturated carbocycles. The summed E-state index contributed by atoms with van der Waals surface area (Å²) in [5.74, 6) is -0.785. The van der Waals surface area contributed by atoms with Crippen molar-refractivity contribution in [3.63, 3.8) is 0 Å². The molecule has 0 aliphatic rings. The summed E-state index contributed by atoms with van der Waals surface area (Å²) in [7, 11) is 0. The van der Waals surface area contributed by atoms with E-state index in [-0.39, 0.29) is 0 Å². The van der Waals surface area contributed by atoms with Gasteiger partial charge in [0.1, 0.15) is 6.61 Å². The molecule has 0 radical (unpaired) electrons. The fourth-order valence-electron chi connectivity index (χ4n) is 0.198. The molecule has 9 heavy (non-hydrogen) atoms. The second-order valence-electron chi connectivity index (χ2n) is 1.17. The Balaban J connectivity index is 3.59. The topological polar surface area (TPSA) is 78.8 Å². The van der Waals surface area contributed by atoms with E-state index in [0.717, 1.165) is 0 Å². The number of urea groups is 1.